The topological polar surface area (TPSA) is 64.7 Å². The first-order valence-corrected chi connectivity index (χ1v) is 5.11. The highest BCUT2D eigenvalue weighted by Gasteiger charge is 2.44. The minimum absolute atomic E-state index is 0.111. The molecule has 72 valence electrons. The highest BCUT2D eigenvalue weighted by atomic mass is 16.1. The quantitative estimate of drug-likeness (QED) is 0.673. The van der Waals surface area contributed by atoms with Crippen molar-refractivity contribution in [3.8, 4) is 12.1 Å². The number of rotatable bonds is 4. The van der Waals surface area contributed by atoms with Crippen LogP contribution < -0.4 is 0 Å². The lowest BCUT2D eigenvalue weighted by molar-refractivity contribution is -0.124. The van der Waals surface area contributed by atoms with Gasteiger partial charge in [0.25, 0.3) is 0 Å². The van der Waals surface area contributed by atoms with Gasteiger partial charge in [-0.1, -0.05) is 0 Å². The minimum Gasteiger partial charge on any atom is -0.297 e. The van der Waals surface area contributed by atoms with E-state index in [-0.39, 0.29) is 17.6 Å². The third-order valence-electron chi connectivity index (χ3n) is 3.08. The number of carbonyl (C=O) groups excluding carboxylic acids is 1. The number of nitrogens with zero attached hydrogens (tertiary/aromatic N) is 2. The van der Waals surface area contributed by atoms with E-state index in [1.54, 1.807) is 0 Å². The third kappa shape index (κ3) is 1.63. The van der Waals surface area contributed by atoms with Gasteiger partial charge in [-0.05, 0) is 37.5 Å². The number of Topliss-reactive ketones (excluding diaryl/α,β-unsaturated/α-hetero) is 1. The van der Waals surface area contributed by atoms with Gasteiger partial charge in [0, 0.05) is 0 Å². The maximum atomic E-state index is 11.8. The Kier molecular flexibility index (Phi) is 2.25. The van der Waals surface area contributed by atoms with Gasteiger partial charge in [-0.2, -0.15) is 10.5 Å². The summed E-state index contributed by atoms with van der Waals surface area (Å²) in [5.74, 6) is -0.607. The molecule has 0 aromatic carbocycles. The highest BCUT2D eigenvalue weighted by molar-refractivity contribution is 5.88. The minimum atomic E-state index is -0.500. The van der Waals surface area contributed by atoms with Crippen molar-refractivity contribution in [3.05, 3.63) is 0 Å². The molecule has 2 fully saturated rings. The smallest absolute Gasteiger partial charge is 0.167 e. The lowest BCUT2D eigenvalue weighted by atomic mass is 9.88. The average Bonchev–Trinajstić information content (AvgIpc) is 3.01. The molecule has 2 aliphatic rings. The van der Waals surface area contributed by atoms with E-state index in [1.807, 2.05) is 0 Å². The second kappa shape index (κ2) is 3.42. The molecule has 2 unspecified atom stereocenters. The maximum Gasteiger partial charge on any atom is 0.167 e. The predicted molar refractivity (Wildman–Crippen MR) is 48.7 cm³/mol. The van der Waals surface area contributed by atoms with Crippen LogP contribution in [0.4, 0.5) is 0 Å². The Bertz CT molecular complexity index is 296. The largest absolute Gasteiger partial charge is 0.297 e. The molecule has 0 N–H and O–H groups in total. The number of hydrogen-bond acceptors (Lipinski definition) is 3. The molecule has 0 saturated heterocycles. The van der Waals surface area contributed by atoms with Gasteiger partial charge in [0.1, 0.15) is 11.8 Å². The van der Waals surface area contributed by atoms with Crippen LogP contribution in [0.1, 0.15) is 25.7 Å². The van der Waals surface area contributed by atoms with Crippen molar-refractivity contribution in [2.45, 2.75) is 25.7 Å². The van der Waals surface area contributed by atoms with Crippen LogP contribution in [0.25, 0.3) is 0 Å². The lowest BCUT2D eigenvalue weighted by Gasteiger charge is -2.10. The van der Waals surface area contributed by atoms with Gasteiger partial charge in [-0.25, -0.2) is 0 Å². The molecule has 14 heavy (non-hydrogen) atoms. The Hall–Kier alpha value is -1.35. The Morgan fingerprint density at radius 1 is 1.00 bits per heavy atom. The number of hydrogen-bond donors (Lipinski definition) is 0. The van der Waals surface area contributed by atoms with Gasteiger partial charge in [-0.3, -0.25) is 4.79 Å². The van der Waals surface area contributed by atoms with Crippen LogP contribution in [0, 0.1) is 46.3 Å². The normalized spacial score (nSPS) is 24.4. The van der Waals surface area contributed by atoms with E-state index in [2.05, 4.69) is 12.1 Å². The lowest BCUT2D eigenvalue weighted by Crippen LogP contribution is -2.24. The van der Waals surface area contributed by atoms with Crippen molar-refractivity contribution in [1.82, 2.24) is 0 Å². The highest BCUT2D eigenvalue weighted by Crippen LogP contribution is 2.43. The standard InChI is InChI=1S/C11H12N2O/c12-5-9(7-1-2-7)11(14)10(6-13)8-3-4-8/h7-10H,1-4H2. The van der Waals surface area contributed by atoms with E-state index in [4.69, 9.17) is 10.5 Å². The molecular formula is C11H12N2O. The number of carbonyl (C=O) groups is 1. The number of ketones is 1. The molecule has 0 aliphatic heterocycles. The summed E-state index contributed by atoms with van der Waals surface area (Å²) in [6.07, 6.45) is 3.92. The predicted octanol–water partition coefficient (Wildman–Crippen LogP) is 1.66. The first-order valence-electron chi connectivity index (χ1n) is 5.11. The van der Waals surface area contributed by atoms with Gasteiger partial charge in [0.05, 0.1) is 12.1 Å². The second-order valence-corrected chi connectivity index (χ2v) is 4.29. The zero-order chi connectivity index (χ0) is 10.1. The molecule has 0 bridgehead atoms. The first-order chi connectivity index (χ1) is 6.77. The summed E-state index contributed by atoms with van der Waals surface area (Å²) in [5, 5.41) is 17.7. The number of nitriles is 2. The Labute approximate surface area is 83.3 Å². The van der Waals surface area contributed by atoms with Gasteiger partial charge < -0.3 is 0 Å². The molecule has 2 atom stereocenters. The van der Waals surface area contributed by atoms with Crippen LogP contribution in [-0.2, 0) is 4.79 Å². The van der Waals surface area contributed by atoms with E-state index in [9.17, 15) is 4.79 Å². The summed E-state index contributed by atoms with van der Waals surface area (Å²) < 4.78 is 0. The van der Waals surface area contributed by atoms with Gasteiger partial charge >= 0.3 is 0 Å². The van der Waals surface area contributed by atoms with Crippen molar-refractivity contribution >= 4 is 5.78 Å². The van der Waals surface area contributed by atoms with Gasteiger partial charge in [-0.15, -0.1) is 0 Å². The van der Waals surface area contributed by atoms with Crippen LogP contribution in [0.15, 0.2) is 0 Å². The van der Waals surface area contributed by atoms with Crippen LogP contribution in [0.3, 0.4) is 0 Å². The molecule has 3 heteroatoms. The van der Waals surface area contributed by atoms with Crippen LogP contribution in [-0.4, -0.2) is 5.78 Å². The van der Waals surface area contributed by atoms with Crippen molar-refractivity contribution in [2.24, 2.45) is 23.7 Å². The molecule has 0 aromatic heterocycles. The summed E-state index contributed by atoms with van der Waals surface area (Å²) in [4.78, 5) is 11.8. The summed E-state index contributed by atoms with van der Waals surface area (Å²) in [6.45, 7) is 0. The van der Waals surface area contributed by atoms with Gasteiger partial charge in [0.2, 0.25) is 0 Å². The molecular weight excluding hydrogens is 176 g/mol. The fourth-order valence-electron chi connectivity index (χ4n) is 1.86. The van der Waals surface area contributed by atoms with Crippen LogP contribution in [0.2, 0.25) is 0 Å². The Balaban J connectivity index is 2.04. The molecule has 0 spiro atoms. The zero-order valence-electron chi connectivity index (χ0n) is 7.94. The second-order valence-electron chi connectivity index (χ2n) is 4.29. The van der Waals surface area contributed by atoms with Crippen molar-refractivity contribution in [3.63, 3.8) is 0 Å². The third-order valence-corrected chi connectivity index (χ3v) is 3.08. The van der Waals surface area contributed by atoms with E-state index in [0.29, 0.717) is 0 Å². The summed E-state index contributed by atoms with van der Waals surface area (Å²) in [5.41, 5.74) is 0. The van der Waals surface area contributed by atoms with Crippen LogP contribution >= 0.6 is 0 Å². The van der Waals surface area contributed by atoms with Gasteiger partial charge in [0.15, 0.2) is 5.78 Å². The molecule has 2 saturated carbocycles. The van der Waals surface area contributed by atoms with E-state index in [0.717, 1.165) is 25.7 Å². The molecule has 2 rings (SSSR count). The molecule has 3 nitrogen and oxygen atoms in total. The Morgan fingerprint density at radius 3 is 1.57 bits per heavy atom. The maximum absolute atomic E-state index is 11.8. The fraction of sp³-hybridized carbons (Fsp3) is 0.727. The van der Waals surface area contributed by atoms with E-state index in [1.165, 1.54) is 0 Å². The molecule has 0 radical (unpaired) electrons. The summed E-state index contributed by atoms with van der Waals surface area (Å²) in [6, 6.07) is 4.12. The summed E-state index contributed by atoms with van der Waals surface area (Å²) >= 11 is 0. The molecule has 0 heterocycles. The van der Waals surface area contributed by atoms with Crippen molar-refractivity contribution in [1.29, 1.82) is 10.5 Å². The van der Waals surface area contributed by atoms with Crippen molar-refractivity contribution in [2.75, 3.05) is 0 Å². The summed E-state index contributed by atoms with van der Waals surface area (Å²) in [7, 11) is 0. The van der Waals surface area contributed by atoms with Crippen LogP contribution in [0.5, 0.6) is 0 Å². The average molecular weight is 188 g/mol. The first kappa shape index (κ1) is 9.21. The SMILES string of the molecule is N#CC(C(=O)C(C#N)C1CC1)C1CC1. The van der Waals surface area contributed by atoms with E-state index < -0.39 is 11.8 Å². The monoisotopic (exact) mass is 188 g/mol. The molecule has 2 aliphatic carbocycles. The zero-order valence-corrected chi connectivity index (χ0v) is 7.94. The molecule has 0 amide bonds. The molecule has 0 aromatic rings. The Morgan fingerprint density at radius 2 is 1.36 bits per heavy atom. The van der Waals surface area contributed by atoms with Crippen molar-refractivity contribution < 1.29 is 4.79 Å². The fourth-order valence-corrected chi connectivity index (χ4v) is 1.86. The van der Waals surface area contributed by atoms with E-state index >= 15 is 0 Å².